The molecule has 4 rings (SSSR count). The Balaban J connectivity index is 1.51. The molecule has 0 radical (unpaired) electrons. The van der Waals surface area contributed by atoms with Crippen molar-refractivity contribution in [3.8, 4) is 11.3 Å². The minimum absolute atomic E-state index is 0.130. The molecule has 0 aliphatic carbocycles. The van der Waals surface area contributed by atoms with Gasteiger partial charge in [0.15, 0.2) is 0 Å². The van der Waals surface area contributed by atoms with Crippen molar-refractivity contribution in [1.82, 2.24) is 4.90 Å². The fourth-order valence-corrected chi connectivity index (χ4v) is 4.82. The first-order valence-corrected chi connectivity index (χ1v) is 11.4. The maximum absolute atomic E-state index is 12.9. The first kappa shape index (κ1) is 22.0. The van der Waals surface area contributed by atoms with Crippen LogP contribution in [-0.2, 0) is 17.6 Å². The number of thiocarbonyl (C=S) groups is 1. The minimum atomic E-state index is -0.963. The molecule has 1 fully saturated rings. The van der Waals surface area contributed by atoms with Crippen LogP contribution in [0.5, 0.6) is 0 Å². The van der Waals surface area contributed by atoms with Crippen molar-refractivity contribution in [2.75, 3.05) is 6.54 Å². The predicted molar refractivity (Wildman–Crippen MR) is 131 cm³/mol. The maximum atomic E-state index is 12.9. The van der Waals surface area contributed by atoms with Gasteiger partial charge in [-0.3, -0.25) is 9.69 Å². The molecule has 1 N–H and O–H groups in total. The monoisotopic (exact) mass is 463 g/mol. The van der Waals surface area contributed by atoms with E-state index in [1.54, 1.807) is 35.2 Å². The highest BCUT2D eigenvalue weighted by Gasteiger charge is 2.32. The van der Waals surface area contributed by atoms with Crippen molar-refractivity contribution >= 4 is 46.3 Å². The number of rotatable bonds is 7. The van der Waals surface area contributed by atoms with Gasteiger partial charge in [0, 0.05) is 18.2 Å². The van der Waals surface area contributed by atoms with Gasteiger partial charge in [-0.05, 0) is 42.2 Å². The lowest BCUT2D eigenvalue weighted by Crippen LogP contribution is -2.30. The second kappa shape index (κ2) is 9.54. The summed E-state index contributed by atoms with van der Waals surface area (Å²) in [5, 5.41) is 9.46. The van der Waals surface area contributed by atoms with Crippen LogP contribution < -0.4 is 0 Å². The normalized spacial score (nSPS) is 15.0. The van der Waals surface area contributed by atoms with E-state index in [4.69, 9.17) is 16.6 Å². The average molecular weight is 464 g/mol. The topological polar surface area (TPSA) is 70.8 Å². The van der Waals surface area contributed by atoms with Crippen LogP contribution in [0.3, 0.4) is 0 Å². The lowest BCUT2D eigenvalue weighted by Gasteiger charge is -2.14. The molecule has 7 heteroatoms. The third-order valence-electron chi connectivity index (χ3n) is 5.25. The van der Waals surface area contributed by atoms with Gasteiger partial charge in [-0.1, -0.05) is 73.4 Å². The second-order valence-electron chi connectivity index (χ2n) is 7.30. The Morgan fingerprint density at radius 3 is 2.66 bits per heavy atom. The Morgan fingerprint density at radius 1 is 1.16 bits per heavy atom. The van der Waals surface area contributed by atoms with Gasteiger partial charge >= 0.3 is 5.97 Å². The highest BCUT2D eigenvalue weighted by molar-refractivity contribution is 8.26. The molecule has 0 saturated carbocycles. The molecule has 2 aromatic carbocycles. The van der Waals surface area contributed by atoms with E-state index in [9.17, 15) is 14.7 Å². The number of carboxylic acid groups (broad SMARTS) is 1. The van der Waals surface area contributed by atoms with Gasteiger partial charge in [-0.25, -0.2) is 4.79 Å². The molecule has 162 valence electrons. The summed E-state index contributed by atoms with van der Waals surface area (Å²) in [6.45, 7) is 2.44. The summed E-state index contributed by atoms with van der Waals surface area (Å²) < 4.78 is 6.42. The third-order valence-corrected chi connectivity index (χ3v) is 6.62. The van der Waals surface area contributed by atoms with Crippen LogP contribution in [0.4, 0.5) is 0 Å². The summed E-state index contributed by atoms with van der Waals surface area (Å²) in [5.74, 6) is -0.0371. The molecule has 0 atom stereocenters. The zero-order chi connectivity index (χ0) is 22.7. The summed E-state index contributed by atoms with van der Waals surface area (Å²) in [6.07, 6.45) is 3.05. The number of hydrogen-bond acceptors (Lipinski definition) is 5. The van der Waals surface area contributed by atoms with Crippen LogP contribution in [0, 0.1) is 0 Å². The van der Waals surface area contributed by atoms with Crippen molar-refractivity contribution in [3.63, 3.8) is 0 Å². The number of thioether (sulfide) groups is 1. The van der Waals surface area contributed by atoms with Crippen molar-refractivity contribution in [3.05, 3.63) is 88.0 Å². The summed E-state index contributed by atoms with van der Waals surface area (Å²) in [6, 6.07) is 18.8. The molecule has 1 amide bonds. The van der Waals surface area contributed by atoms with E-state index in [-0.39, 0.29) is 11.5 Å². The van der Waals surface area contributed by atoms with Gasteiger partial charge in [0.2, 0.25) is 0 Å². The number of hydrogen-bond donors (Lipinski definition) is 1. The Hall–Kier alpha value is -3.16. The fourth-order valence-electron chi connectivity index (χ4n) is 3.53. The Morgan fingerprint density at radius 2 is 1.94 bits per heavy atom. The molecular weight excluding hydrogens is 442 g/mol. The van der Waals surface area contributed by atoms with E-state index < -0.39 is 5.97 Å². The van der Waals surface area contributed by atoms with Gasteiger partial charge in [0.1, 0.15) is 15.8 Å². The molecule has 0 spiro atoms. The number of carbonyl (C=O) groups is 2. The molecule has 1 aliphatic rings. The van der Waals surface area contributed by atoms with Crippen LogP contribution in [0.25, 0.3) is 17.4 Å². The van der Waals surface area contributed by atoms with E-state index in [1.807, 2.05) is 43.3 Å². The molecule has 0 bridgehead atoms. The summed E-state index contributed by atoms with van der Waals surface area (Å²) in [5.41, 5.74) is 2.86. The summed E-state index contributed by atoms with van der Waals surface area (Å²) >= 11 is 6.67. The molecule has 5 nitrogen and oxygen atoms in total. The first-order chi connectivity index (χ1) is 15.5. The number of furan rings is 1. The van der Waals surface area contributed by atoms with E-state index in [0.717, 1.165) is 17.5 Å². The molecule has 32 heavy (non-hydrogen) atoms. The van der Waals surface area contributed by atoms with Crippen molar-refractivity contribution < 1.29 is 19.1 Å². The number of aryl methyl sites for hydroxylation is 1. The van der Waals surface area contributed by atoms with Crippen LogP contribution in [-0.4, -0.2) is 32.7 Å². The number of benzene rings is 2. The van der Waals surface area contributed by atoms with Crippen molar-refractivity contribution in [2.45, 2.75) is 19.8 Å². The van der Waals surface area contributed by atoms with Crippen molar-refractivity contribution in [2.24, 2.45) is 0 Å². The van der Waals surface area contributed by atoms with E-state index in [1.165, 1.54) is 11.8 Å². The lowest BCUT2D eigenvalue weighted by atomic mass is 10.0. The number of amides is 1. The molecule has 3 aromatic rings. The number of carbonyl (C=O) groups excluding carboxylic acids is 1. The lowest BCUT2D eigenvalue weighted by molar-refractivity contribution is -0.122. The van der Waals surface area contributed by atoms with Crippen LogP contribution >= 0.6 is 24.0 Å². The van der Waals surface area contributed by atoms with Gasteiger partial charge in [0.25, 0.3) is 5.91 Å². The fraction of sp³-hybridized carbons (Fsp3) is 0.160. The Kier molecular flexibility index (Phi) is 6.58. The molecule has 1 aromatic heterocycles. The summed E-state index contributed by atoms with van der Waals surface area (Å²) in [7, 11) is 0. The smallest absolute Gasteiger partial charge is 0.335 e. The molecule has 2 heterocycles. The zero-order valence-corrected chi connectivity index (χ0v) is 19.0. The quantitative estimate of drug-likeness (QED) is 0.361. The molecule has 1 aliphatic heterocycles. The number of aromatic carboxylic acids is 1. The van der Waals surface area contributed by atoms with Gasteiger partial charge < -0.3 is 9.52 Å². The largest absolute Gasteiger partial charge is 0.478 e. The highest BCUT2D eigenvalue weighted by atomic mass is 32.2. The predicted octanol–water partition coefficient (Wildman–Crippen LogP) is 5.65. The number of nitrogens with zero attached hydrogens (tertiary/aromatic N) is 1. The maximum Gasteiger partial charge on any atom is 0.335 e. The van der Waals surface area contributed by atoms with Crippen LogP contribution in [0.2, 0.25) is 0 Å². The van der Waals surface area contributed by atoms with Gasteiger partial charge in [-0.2, -0.15) is 0 Å². The van der Waals surface area contributed by atoms with E-state index in [2.05, 4.69) is 0 Å². The molecule has 0 unspecified atom stereocenters. The highest BCUT2D eigenvalue weighted by Crippen LogP contribution is 2.34. The van der Waals surface area contributed by atoms with Crippen molar-refractivity contribution in [1.29, 1.82) is 0 Å². The zero-order valence-electron chi connectivity index (χ0n) is 17.4. The number of carboxylic acids is 1. The Labute approximate surface area is 195 Å². The molecular formula is C25H21NO4S2. The average Bonchev–Trinajstić information content (AvgIpc) is 3.37. The van der Waals surface area contributed by atoms with Gasteiger partial charge in [0.05, 0.1) is 10.5 Å². The SMILES string of the molecule is CCc1ccc(-c2ccc(/C=C3\SC(=S)N(CCc4ccccc4)C3=O)o2)cc1C(=O)O. The van der Waals surface area contributed by atoms with E-state index in [0.29, 0.717) is 39.3 Å². The third kappa shape index (κ3) is 4.69. The molecule has 1 saturated heterocycles. The van der Waals surface area contributed by atoms with E-state index >= 15 is 0 Å². The van der Waals surface area contributed by atoms with Gasteiger partial charge in [-0.15, -0.1) is 0 Å². The first-order valence-electron chi connectivity index (χ1n) is 10.2. The van der Waals surface area contributed by atoms with Crippen LogP contribution in [0.15, 0.2) is 70.0 Å². The van der Waals surface area contributed by atoms with Crippen LogP contribution in [0.1, 0.15) is 34.2 Å². The summed E-state index contributed by atoms with van der Waals surface area (Å²) in [4.78, 5) is 26.5. The standard InChI is InChI=1S/C25H21NO4S2/c1-2-17-8-9-18(14-20(17)24(28)29)21-11-10-19(30-21)15-22-23(27)26(25(31)32-22)13-12-16-6-4-3-5-7-16/h3-11,14-15H,2,12-13H2,1H3,(H,28,29)/b22-15-. The minimum Gasteiger partial charge on any atom is -0.478 e. The second-order valence-corrected chi connectivity index (χ2v) is 8.98. The Bertz CT molecular complexity index is 1210.